The van der Waals surface area contributed by atoms with Crippen LogP contribution in [-0.2, 0) is 0 Å². The Morgan fingerprint density at radius 1 is 1.28 bits per heavy atom. The highest BCUT2D eigenvalue weighted by Gasteiger charge is 2.14. The Morgan fingerprint density at radius 3 is 2.67 bits per heavy atom. The van der Waals surface area contributed by atoms with Crippen molar-refractivity contribution in [2.24, 2.45) is 0 Å². The number of benzene rings is 1. The molecule has 1 N–H and O–H groups in total. The van der Waals surface area contributed by atoms with E-state index in [0.29, 0.717) is 15.6 Å². The van der Waals surface area contributed by atoms with Gasteiger partial charge in [-0.2, -0.15) is 0 Å². The Morgan fingerprint density at radius 2 is 2.00 bits per heavy atom. The van der Waals surface area contributed by atoms with Gasteiger partial charge in [-0.25, -0.2) is 9.18 Å². The van der Waals surface area contributed by atoms with E-state index in [1.165, 1.54) is 6.07 Å². The summed E-state index contributed by atoms with van der Waals surface area (Å²) < 4.78 is 13.2. The van der Waals surface area contributed by atoms with Crippen LogP contribution in [0.5, 0.6) is 0 Å². The standard InChI is InChI=1S/C12H6Cl2FNO2/c13-6-1-2-9(14)7(3-6)11-4-8(12(17)18)10(15)5-16-11/h1-5H,(H,17,18). The Hall–Kier alpha value is -1.65. The van der Waals surface area contributed by atoms with E-state index in [2.05, 4.69) is 4.98 Å². The number of aromatic nitrogens is 1. The summed E-state index contributed by atoms with van der Waals surface area (Å²) in [5.74, 6) is -2.27. The first-order valence-corrected chi connectivity index (χ1v) is 5.59. The van der Waals surface area contributed by atoms with E-state index < -0.39 is 17.3 Å². The molecule has 1 heterocycles. The van der Waals surface area contributed by atoms with Gasteiger partial charge in [-0.1, -0.05) is 23.2 Å². The first-order valence-electron chi connectivity index (χ1n) is 4.83. The van der Waals surface area contributed by atoms with Crippen LogP contribution in [0.25, 0.3) is 11.3 Å². The summed E-state index contributed by atoms with van der Waals surface area (Å²) in [7, 11) is 0. The van der Waals surface area contributed by atoms with Crippen molar-refractivity contribution in [3.05, 3.63) is 51.9 Å². The number of pyridine rings is 1. The Bertz CT molecular complexity index is 631. The molecule has 1 aromatic carbocycles. The number of carboxylic acids is 1. The molecule has 0 radical (unpaired) electrons. The number of hydrogen-bond acceptors (Lipinski definition) is 2. The van der Waals surface area contributed by atoms with Gasteiger partial charge >= 0.3 is 5.97 Å². The van der Waals surface area contributed by atoms with Gasteiger partial charge in [0.2, 0.25) is 0 Å². The average molecular weight is 286 g/mol. The monoisotopic (exact) mass is 285 g/mol. The highest BCUT2D eigenvalue weighted by molar-refractivity contribution is 6.35. The maximum absolute atomic E-state index is 13.2. The number of rotatable bonds is 2. The fourth-order valence-electron chi connectivity index (χ4n) is 1.44. The summed E-state index contributed by atoms with van der Waals surface area (Å²) in [6, 6.07) is 5.81. The quantitative estimate of drug-likeness (QED) is 0.911. The van der Waals surface area contributed by atoms with Crippen LogP contribution in [0.15, 0.2) is 30.5 Å². The SMILES string of the molecule is O=C(O)c1cc(-c2cc(Cl)ccc2Cl)ncc1F. The van der Waals surface area contributed by atoms with Crippen molar-refractivity contribution in [1.82, 2.24) is 4.98 Å². The number of halogens is 3. The van der Waals surface area contributed by atoms with Crippen LogP contribution in [0, 0.1) is 5.82 Å². The maximum Gasteiger partial charge on any atom is 0.338 e. The molecule has 1 aromatic heterocycles. The molecule has 18 heavy (non-hydrogen) atoms. The van der Waals surface area contributed by atoms with Crippen molar-refractivity contribution in [1.29, 1.82) is 0 Å². The van der Waals surface area contributed by atoms with E-state index in [-0.39, 0.29) is 5.69 Å². The van der Waals surface area contributed by atoms with Crippen LogP contribution in [-0.4, -0.2) is 16.1 Å². The summed E-state index contributed by atoms with van der Waals surface area (Å²) in [5.41, 5.74) is 0.240. The third-order valence-corrected chi connectivity index (χ3v) is 2.85. The normalized spacial score (nSPS) is 10.4. The lowest BCUT2D eigenvalue weighted by Gasteiger charge is -2.06. The minimum atomic E-state index is -1.37. The van der Waals surface area contributed by atoms with Crippen LogP contribution in [0.3, 0.4) is 0 Å². The number of aromatic carboxylic acids is 1. The zero-order valence-electron chi connectivity index (χ0n) is 8.82. The maximum atomic E-state index is 13.2. The summed E-state index contributed by atoms with van der Waals surface area (Å²) in [5, 5.41) is 9.62. The predicted molar refractivity (Wildman–Crippen MR) is 66.6 cm³/mol. The molecule has 0 bridgehead atoms. The molecule has 0 unspecified atom stereocenters. The minimum Gasteiger partial charge on any atom is -0.478 e. The van der Waals surface area contributed by atoms with E-state index in [1.54, 1.807) is 12.1 Å². The second kappa shape index (κ2) is 4.92. The molecule has 92 valence electrons. The molecular formula is C12H6Cl2FNO2. The smallest absolute Gasteiger partial charge is 0.338 e. The summed E-state index contributed by atoms with van der Waals surface area (Å²) in [4.78, 5) is 14.6. The summed E-state index contributed by atoms with van der Waals surface area (Å²) in [6.07, 6.45) is 0.843. The molecule has 6 heteroatoms. The van der Waals surface area contributed by atoms with Crippen LogP contribution in [0.4, 0.5) is 4.39 Å². The van der Waals surface area contributed by atoms with Gasteiger partial charge in [0.25, 0.3) is 0 Å². The van der Waals surface area contributed by atoms with Crippen molar-refractivity contribution in [2.45, 2.75) is 0 Å². The predicted octanol–water partition coefficient (Wildman–Crippen LogP) is 3.89. The number of hydrogen-bond donors (Lipinski definition) is 1. The highest BCUT2D eigenvalue weighted by atomic mass is 35.5. The second-order valence-electron chi connectivity index (χ2n) is 3.48. The van der Waals surface area contributed by atoms with Crippen molar-refractivity contribution < 1.29 is 14.3 Å². The molecule has 0 saturated heterocycles. The van der Waals surface area contributed by atoms with E-state index in [1.807, 2.05) is 0 Å². The average Bonchev–Trinajstić information content (AvgIpc) is 2.33. The molecule has 0 fully saturated rings. The molecule has 2 aromatic rings. The number of carbonyl (C=O) groups is 1. The minimum absolute atomic E-state index is 0.251. The van der Waals surface area contributed by atoms with Crippen molar-refractivity contribution >= 4 is 29.2 Å². The Balaban J connectivity index is 2.61. The zero-order valence-corrected chi connectivity index (χ0v) is 10.3. The third kappa shape index (κ3) is 2.44. The van der Waals surface area contributed by atoms with E-state index in [0.717, 1.165) is 12.3 Å². The molecule has 3 nitrogen and oxygen atoms in total. The highest BCUT2D eigenvalue weighted by Crippen LogP contribution is 2.30. The zero-order chi connectivity index (χ0) is 13.3. The Labute approximate surface area is 112 Å². The third-order valence-electron chi connectivity index (χ3n) is 2.29. The van der Waals surface area contributed by atoms with Crippen LogP contribution in [0.2, 0.25) is 10.0 Å². The van der Waals surface area contributed by atoms with Gasteiger partial charge in [-0.05, 0) is 24.3 Å². The second-order valence-corrected chi connectivity index (χ2v) is 4.32. The Kier molecular flexibility index (Phi) is 3.50. The number of carboxylic acid groups (broad SMARTS) is 1. The molecule has 0 aliphatic heterocycles. The lowest BCUT2D eigenvalue weighted by Crippen LogP contribution is -2.02. The van der Waals surface area contributed by atoms with Crippen LogP contribution < -0.4 is 0 Å². The molecule has 0 atom stereocenters. The largest absolute Gasteiger partial charge is 0.478 e. The van der Waals surface area contributed by atoms with Gasteiger partial charge in [0.15, 0.2) is 5.82 Å². The molecule has 0 aliphatic carbocycles. The topological polar surface area (TPSA) is 50.2 Å². The molecule has 2 rings (SSSR count). The van der Waals surface area contributed by atoms with E-state index in [4.69, 9.17) is 28.3 Å². The van der Waals surface area contributed by atoms with Gasteiger partial charge in [-0.15, -0.1) is 0 Å². The molecule has 0 amide bonds. The summed E-state index contributed by atoms with van der Waals surface area (Å²) in [6.45, 7) is 0. The first-order chi connectivity index (χ1) is 8.49. The van der Waals surface area contributed by atoms with Crippen molar-refractivity contribution in [3.63, 3.8) is 0 Å². The van der Waals surface area contributed by atoms with Gasteiger partial charge in [0, 0.05) is 10.6 Å². The van der Waals surface area contributed by atoms with Gasteiger partial charge in [-0.3, -0.25) is 4.98 Å². The van der Waals surface area contributed by atoms with Crippen LogP contribution >= 0.6 is 23.2 Å². The van der Waals surface area contributed by atoms with E-state index >= 15 is 0 Å². The number of nitrogens with zero attached hydrogens (tertiary/aromatic N) is 1. The van der Waals surface area contributed by atoms with Gasteiger partial charge < -0.3 is 5.11 Å². The van der Waals surface area contributed by atoms with Crippen molar-refractivity contribution in [3.8, 4) is 11.3 Å². The van der Waals surface area contributed by atoms with Crippen molar-refractivity contribution in [2.75, 3.05) is 0 Å². The van der Waals surface area contributed by atoms with E-state index in [9.17, 15) is 9.18 Å². The molecular weight excluding hydrogens is 280 g/mol. The van der Waals surface area contributed by atoms with Gasteiger partial charge in [0.05, 0.1) is 22.5 Å². The summed E-state index contributed by atoms with van der Waals surface area (Å²) >= 11 is 11.8. The van der Waals surface area contributed by atoms with Crippen LogP contribution in [0.1, 0.15) is 10.4 Å². The first kappa shape index (κ1) is 12.8. The molecule has 0 saturated carbocycles. The lowest BCUT2D eigenvalue weighted by atomic mass is 10.1. The lowest BCUT2D eigenvalue weighted by molar-refractivity contribution is 0.0691. The fourth-order valence-corrected chi connectivity index (χ4v) is 1.83. The fraction of sp³-hybridized carbons (Fsp3) is 0. The van der Waals surface area contributed by atoms with Gasteiger partial charge in [0.1, 0.15) is 0 Å². The molecule has 0 aliphatic rings. The molecule has 0 spiro atoms.